The Hall–Kier alpha value is -6.75. The van der Waals surface area contributed by atoms with Gasteiger partial charge in [0.15, 0.2) is 0 Å². The molecule has 0 saturated heterocycles. The van der Waals surface area contributed by atoms with Gasteiger partial charge in [-0.3, -0.25) is 9.59 Å². The number of aryl methyl sites for hydroxylation is 1. The Labute approximate surface area is 289 Å². The molecule has 8 aromatic rings. The average Bonchev–Trinajstić information content (AvgIpc) is 3.94. The SMILES string of the molecule is Cc1oc(-c2ccc3c(c2)c(NC(=O)c2ccno2)cn3Cc2ccc(F)cc2)cc1C(=O)Nc1cn(Cc2ccc(F)cc2)c2ccccc12. The molecule has 4 aromatic carbocycles. The van der Waals surface area contributed by atoms with Crippen molar-refractivity contribution in [1.82, 2.24) is 14.3 Å². The van der Waals surface area contributed by atoms with Gasteiger partial charge in [-0.2, -0.15) is 0 Å². The molecule has 0 aliphatic rings. The Morgan fingerprint density at radius 1 is 0.706 bits per heavy atom. The summed E-state index contributed by atoms with van der Waals surface area (Å²) in [5, 5.41) is 11.2. The molecule has 51 heavy (non-hydrogen) atoms. The second-order valence-corrected chi connectivity index (χ2v) is 12.2. The molecule has 0 fully saturated rings. The van der Waals surface area contributed by atoms with Crippen LogP contribution in [-0.4, -0.2) is 26.1 Å². The Bertz CT molecular complexity index is 2550. The van der Waals surface area contributed by atoms with E-state index in [1.165, 1.54) is 36.5 Å². The van der Waals surface area contributed by atoms with Gasteiger partial charge in [-0.25, -0.2) is 8.78 Å². The van der Waals surface area contributed by atoms with Crippen molar-refractivity contribution in [3.8, 4) is 11.3 Å². The summed E-state index contributed by atoms with van der Waals surface area (Å²) in [5.74, 6) is -0.460. The van der Waals surface area contributed by atoms with E-state index in [9.17, 15) is 18.4 Å². The molecular weight excluding hydrogens is 652 g/mol. The smallest absolute Gasteiger partial charge is 0.294 e. The van der Waals surface area contributed by atoms with Crippen molar-refractivity contribution in [2.24, 2.45) is 0 Å². The summed E-state index contributed by atoms with van der Waals surface area (Å²) in [4.78, 5) is 26.7. The maximum Gasteiger partial charge on any atom is 0.294 e. The molecule has 11 heteroatoms. The molecule has 8 rings (SSSR count). The van der Waals surface area contributed by atoms with Crippen LogP contribution in [0.25, 0.3) is 33.1 Å². The summed E-state index contributed by atoms with van der Waals surface area (Å²) >= 11 is 0. The van der Waals surface area contributed by atoms with Gasteiger partial charge < -0.3 is 28.7 Å². The summed E-state index contributed by atoms with van der Waals surface area (Å²) in [6.45, 7) is 2.66. The van der Waals surface area contributed by atoms with E-state index in [2.05, 4.69) is 15.8 Å². The molecule has 4 heterocycles. The minimum Gasteiger partial charge on any atom is -0.461 e. The molecule has 252 valence electrons. The van der Waals surface area contributed by atoms with Gasteiger partial charge in [-0.15, -0.1) is 0 Å². The quantitative estimate of drug-likeness (QED) is 0.158. The van der Waals surface area contributed by atoms with E-state index in [0.29, 0.717) is 47.1 Å². The van der Waals surface area contributed by atoms with Crippen molar-refractivity contribution < 1.29 is 27.3 Å². The zero-order valence-corrected chi connectivity index (χ0v) is 27.2. The number of aromatic nitrogens is 3. The number of hydrogen-bond acceptors (Lipinski definition) is 5. The van der Waals surface area contributed by atoms with Gasteiger partial charge in [0.2, 0.25) is 5.76 Å². The number of hydrogen-bond donors (Lipinski definition) is 2. The van der Waals surface area contributed by atoms with Crippen LogP contribution in [0.3, 0.4) is 0 Å². The minimum atomic E-state index is -0.467. The van der Waals surface area contributed by atoms with Crippen molar-refractivity contribution in [3.05, 3.63) is 162 Å². The van der Waals surface area contributed by atoms with E-state index in [-0.39, 0.29) is 23.3 Å². The van der Waals surface area contributed by atoms with E-state index in [1.54, 1.807) is 37.3 Å². The highest BCUT2D eigenvalue weighted by atomic mass is 19.1. The van der Waals surface area contributed by atoms with Gasteiger partial charge in [0.25, 0.3) is 11.8 Å². The number of para-hydroxylation sites is 1. The minimum absolute atomic E-state index is 0.0569. The van der Waals surface area contributed by atoms with Crippen molar-refractivity contribution in [3.63, 3.8) is 0 Å². The monoisotopic (exact) mass is 681 g/mol. The van der Waals surface area contributed by atoms with Gasteiger partial charge in [0.05, 0.1) is 34.2 Å². The number of halogens is 2. The number of anilines is 2. The molecule has 9 nitrogen and oxygen atoms in total. The second kappa shape index (κ2) is 12.9. The topological polar surface area (TPSA) is 107 Å². The maximum absolute atomic E-state index is 13.7. The zero-order valence-electron chi connectivity index (χ0n) is 27.2. The standard InChI is InChI=1S/C40H29F2N5O4/c1-24-31(39(48)44-33-22-46(35-5-3-2-4-30(33)35)20-25-6-11-28(41)12-7-25)19-38(50-24)27-10-15-36-32(18-27)34(45-40(49)37-16-17-43-51-37)23-47(36)21-26-8-13-29(42)14-9-26/h2-19,22-23H,20-21H2,1H3,(H,44,48)(H,45,49). The lowest BCUT2D eigenvalue weighted by molar-refractivity contribution is 0.0986. The van der Waals surface area contributed by atoms with Crippen LogP contribution in [0.4, 0.5) is 20.2 Å². The van der Waals surface area contributed by atoms with Crippen LogP contribution in [-0.2, 0) is 13.1 Å². The highest BCUT2D eigenvalue weighted by Crippen LogP contribution is 2.34. The lowest BCUT2D eigenvalue weighted by atomic mass is 10.1. The molecule has 0 saturated carbocycles. The fourth-order valence-corrected chi connectivity index (χ4v) is 6.29. The molecule has 0 unspecified atom stereocenters. The number of nitrogens with one attached hydrogen (secondary N) is 2. The molecule has 4 aromatic heterocycles. The Balaban J connectivity index is 1.10. The first-order chi connectivity index (χ1) is 24.8. The normalized spacial score (nSPS) is 11.4. The Kier molecular flexibility index (Phi) is 7.99. The van der Waals surface area contributed by atoms with Crippen LogP contribution >= 0.6 is 0 Å². The third kappa shape index (κ3) is 6.28. The zero-order chi connectivity index (χ0) is 35.1. The van der Waals surface area contributed by atoms with E-state index in [4.69, 9.17) is 8.94 Å². The number of nitrogens with zero attached hydrogens (tertiary/aromatic N) is 3. The largest absolute Gasteiger partial charge is 0.461 e. The van der Waals surface area contributed by atoms with Crippen molar-refractivity contribution >= 4 is 45.0 Å². The first-order valence-corrected chi connectivity index (χ1v) is 16.1. The van der Waals surface area contributed by atoms with Crippen LogP contribution in [0.15, 0.2) is 131 Å². The predicted octanol–water partition coefficient (Wildman–Crippen LogP) is 9.03. The van der Waals surface area contributed by atoms with E-state index < -0.39 is 5.91 Å². The van der Waals surface area contributed by atoms with Gasteiger partial charge >= 0.3 is 0 Å². The summed E-state index contributed by atoms with van der Waals surface area (Å²) < 4.78 is 42.3. The molecule has 0 radical (unpaired) electrons. The van der Waals surface area contributed by atoms with Crippen LogP contribution < -0.4 is 10.6 Å². The van der Waals surface area contributed by atoms with Gasteiger partial charge in [-0.1, -0.05) is 47.6 Å². The van der Waals surface area contributed by atoms with E-state index in [0.717, 1.165) is 32.9 Å². The number of furan rings is 1. The first-order valence-electron chi connectivity index (χ1n) is 16.1. The van der Waals surface area contributed by atoms with Crippen LogP contribution in [0.1, 0.15) is 37.8 Å². The summed E-state index contributed by atoms with van der Waals surface area (Å²) in [5.41, 5.74) is 5.75. The number of rotatable bonds is 9. The Morgan fingerprint density at radius 3 is 1.96 bits per heavy atom. The summed E-state index contributed by atoms with van der Waals surface area (Å²) in [7, 11) is 0. The van der Waals surface area contributed by atoms with Gasteiger partial charge in [-0.05, 0) is 72.6 Å². The molecular formula is C40H29F2N5O4. The summed E-state index contributed by atoms with van der Waals surface area (Å²) in [6, 6.07) is 29.2. The van der Waals surface area contributed by atoms with Crippen LogP contribution in [0.2, 0.25) is 0 Å². The molecule has 0 atom stereocenters. The van der Waals surface area contributed by atoms with Crippen molar-refractivity contribution in [2.45, 2.75) is 20.0 Å². The number of fused-ring (bicyclic) bond motifs is 2. The molecule has 0 bridgehead atoms. The number of carbonyl (C=O) groups excluding carboxylic acids is 2. The Morgan fingerprint density at radius 2 is 1.31 bits per heavy atom. The first kappa shape index (κ1) is 31.5. The second-order valence-electron chi connectivity index (χ2n) is 12.2. The van der Waals surface area contributed by atoms with Crippen molar-refractivity contribution in [2.75, 3.05) is 10.6 Å². The highest BCUT2D eigenvalue weighted by molar-refractivity contribution is 6.11. The van der Waals surface area contributed by atoms with E-state index in [1.807, 2.05) is 64.0 Å². The molecule has 0 aliphatic carbocycles. The van der Waals surface area contributed by atoms with Crippen molar-refractivity contribution in [1.29, 1.82) is 0 Å². The predicted molar refractivity (Wildman–Crippen MR) is 190 cm³/mol. The number of amides is 2. The molecule has 0 spiro atoms. The molecule has 2 N–H and O–H groups in total. The molecule has 2 amide bonds. The van der Waals surface area contributed by atoms with Crippen LogP contribution in [0.5, 0.6) is 0 Å². The summed E-state index contributed by atoms with van der Waals surface area (Å²) in [6.07, 6.45) is 5.08. The lowest BCUT2D eigenvalue weighted by Crippen LogP contribution is -2.11. The third-order valence-electron chi connectivity index (χ3n) is 8.81. The fraction of sp³-hybridized carbons (Fsp3) is 0.0750. The number of carbonyl (C=O) groups is 2. The van der Waals surface area contributed by atoms with Gasteiger partial charge in [0, 0.05) is 47.9 Å². The average molecular weight is 682 g/mol. The molecule has 0 aliphatic heterocycles. The van der Waals surface area contributed by atoms with Gasteiger partial charge in [0.1, 0.15) is 23.2 Å². The highest BCUT2D eigenvalue weighted by Gasteiger charge is 2.21. The van der Waals surface area contributed by atoms with Crippen LogP contribution in [0, 0.1) is 18.6 Å². The van der Waals surface area contributed by atoms with E-state index >= 15 is 0 Å². The lowest BCUT2D eigenvalue weighted by Gasteiger charge is -2.06. The third-order valence-corrected chi connectivity index (χ3v) is 8.81. The number of benzene rings is 4. The maximum atomic E-state index is 13.7. The fourth-order valence-electron chi connectivity index (χ4n) is 6.29.